The minimum Gasteiger partial charge on any atom is -0.497 e. The number of anilines is 1. The molecule has 0 spiro atoms. The fourth-order valence-corrected chi connectivity index (χ4v) is 2.26. The van der Waals surface area contributed by atoms with E-state index in [1.165, 1.54) is 12.1 Å². The van der Waals surface area contributed by atoms with Gasteiger partial charge in [0.15, 0.2) is 6.61 Å². The van der Waals surface area contributed by atoms with Gasteiger partial charge in [0.25, 0.3) is 5.91 Å². The van der Waals surface area contributed by atoms with Crippen molar-refractivity contribution in [3.8, 4) is 11.5 Å². The van der Waals surface area contributed by atoms with Crippen LogP contribution in [0.5, 0.6) is 11.5 Å². The number of nitrogens with one attached hydrogen (secondary N) is 1. The molecule has 1 N–H and O–H groups in total. The molecule has 6 nitrogen and oxygen atoms in total. The zero-order valence-corrected chi connectivity index (χ0v) is 14.6. The molecule has 0 saturated heterocycles. The molecular weight excluding hydrogens is 346 g/mol. The highest BCUT2D eigenvalue weighted by Crippen LogP contribution is 2.22. The third-order valence-corrected chi connectivity index (χ3v) is 3.47. The molecule has 0 fully saturated rings. The van der Waals surface area contributed by atoms with Gasteiger partial charge in [-0.15, -0.1) is 0 Å². The minimum atomic E-state index is -0.508. The Bertz CT molecular complexity index is 763. The zero-order valence-electron chi connectivity index (χ0n) is 13.9. The molecule has 0 aliphatic carbocycles. The number of benzene rings is 2. The maximum atomic E-state index is 12.0. The third-order valence-electron chi connectivity index (χ3n) is 3.16. The minimum absolute atomic E-state index is 0.176. The van der Waals surface area contributed by atoms with Crippen molar-refractivity contribution in [1.82, 2.24) is 0 Å². The number of esters is 1. The molecule has 0 aliphatic rings. The molecule has 0 aromatic heterocycles. The highest BCUT2D eigenvalue weighted by Gasteiger charge is 2.13. The second kappa shape index (κ2) is 8.94. The molecule has 0 radical (unpaired) electrons. The van der Waals surface area contributed by atoms with Gasteiger partial charge in [-0.25, -0.2) is 4.79 Å². The number of amides is 1. The van der Waals surface area contributed by atoms with Gasteiger partial charge in [-0.2, -0.15) is 0 Å². The first-order valence-electron chi connectivity index (χ1n) is 7.57. The molecule has 25 heavy (non-hydrogen) atoms. The van der Waals surface area contributed by atoms with E-state index in [1.54, 1.807) is 44.4 Å². The standard InChI is InChI=1S/C18H18ClNO5/c1-3-24-18(22)15-8-7-12(9-16(15)19)20-17(21)11-25-14-6-4-5-13(10-14)23-2/h4-10H,3,11H2,1-2H3,(H,20,21). The summed E-state index contributed by atoms with van der Waals surface area (Å²) in [4.78, 5) is 23.7. The number of methoxy groups -OCH3 is 1. The van der Waals surface area contributed by atoms with E-state index in [9.17, 15) is 9.59 Å². The smallest absolute Gasteiger partial charge is 0.339 e. The average Bonchev–Trinajstić information content (AvgIpc) is 2.60. The monoisotopic (exact) mass is 363 g/mol. The quantitative estimate of drug-likeness (QED) is 0.761. The van der Waals surface area contributed by atoms with Gasteiger partial charge in [-0.1, -0.05) is 17.7 Å². The SMILES string of the molecule is CCOC(=O)c1ccc(NC(=O)COc2cccc(OC)c2)cc1Cl. The van der Waals surface area contributed by atoms with E-state index >= 15 is 0 Å². The summed E-state index contributed by atoms with van der Waals surface area (Å²) >= 11 is 6.05. The van der Waals surface area contributed by atoms with Crippen molar-refractivity contribution in [3.05, 3.63) is 53.1 Å². The molecule has 7 heteroatoms. The number of rotatable bonds is 7. The molecule has 0 saturated carbocycles. The normalized spacial score (nSPS) is 10.0. The molecular formula is C18H18ClNO5. The van der Waals surface area contributed by atoms with E-state index in [0.717, 1.165) is 0 Å². The van der Waals surface area contributed by atoms with Crippen molar-refractivity contribution >= 4 is 29.2 Å². The molecule has 2 aromatic rings. The summed E-state index contributed by atoms with van der Waals surface area (Å²) in [6.07, 6.45) is 0. The first kappa shape index (κ1) is 18.6. The van der Waals surface area contributed by atoms with Crippen LogP contribution in [0.25, 0.3) is 0 Å². The highest BCUT2D eigenvalue weighted by atomic mass is 35.5. The number of carbonyl (C=O) groups is 2. The van der Waals surface area contributed by atoms with E-state index in [4.69, 9.17) is 25.8 Å². The Morgan fingerprint density at radius 2 is 1.88 bits per heavy atom. The second-order valence-electron chi connectivity index (χ2n) is 4.93. The van der Waals surface area contributed by atoms with Crippen LogP contribution in [0.1, 0.15) is 17.3 Å². The highest BCUT2D eigenvalue weighted by molar-refractivity contribution is 6.34. The van der Waals surface area contributed by atoms with Crippen molar-refractivity contribution in [1.29, 1.82) is 0 Å². The first-order chi connectivity index (χ1) is 12.0. The zero-order chi connectivity index (χ0) is 18.2. The lowest BCUT2D eigenvalue weighted by Crippen LogP contribution is -2.20. The van der Waals surface area contributed by atoms with Crippen molar-refractivity contribution in [2.45, 2.75) is 6.92 Å². The van der Waals surface area contributed by atoms with Crippen molar-refractivity contribution in [2.24, 2.45) is 0 Å². The van der Waals surface area contributed by atoms with Crippen LogP contribution < -0.4 is 14.8 Å². The van der Waals surface area contributed by atoms with Gasteiger partial charge in [0.2, 0.25) is 0 Å². The third kappa shape index (κ3) is 5.39. The lowest BCUT2D eigenvalue weighted by molar-refractivity contribution is -0.118. The molecule has 0 aliphatic heterocycles. The van der Waals surface area contributed by atoms with Crippen LogP contribution in [0.3, 0.4) is 0 Å². The Morgan fingerprint density at radius 1 is 1.12 bits per heavy atom. The lowest BCUT2D eigenvalue weighted by Gasteiger charge is -2.10. The average molecular weight is 364 g/mol. The summed E-state index contributed by atoms with van der Waals surface area (Å²) < 4.78 is 15.4. The fourth-order valence-electron chi connectivity index (χ4n) is 2.00. The Kier molecular flexibility index (Phi) is 6.65. The number of hydrogen-bond donors (Lipinski definition) is 1. The molecule has 0 heterocycles. The molecule has 0 unspecified atom stereocenters. The summed E-state index contributed by atoms with van der Waals surface area (Å²) in [5.41, 5.74) is 0.700. The molecule has 0 atom stereocenters. The molecule has 132 valence electrons. The lowest BCUT2D eigenvalue weighted by atomic mass is 10.2. The number of carbonyl (C=O) groups excluding carboxylic acids is 2. The first-order valence-corrected chi connectivity index (χ1v) is 7.94. The van der Waals surface area contributed by atoms with E-state index in [0.29, 0.717) is 17.2 Å². The Labute approximate surface area is 150 Å². The van der Waals surface area contributed by atoms with Gasteiger partial charge in [-0.05, 0) is 37.3 Å². The van der Waals surface area contributed by atoms with Crippen LogP contribution in [-0.2, 0) is 9.53 Å². The predicted molar refractivity (Wildman–Crippen MR) is 94.5 cm³/mol. The Morgan fingerprint density at radius 3 is 2.56 bits per heavy atom. The van der Waals surface area contributed by atoms with E-state index < -0.39 is 5.97 Å². The second-order valence-corrected chi connectivity index (χ2v) is 5.34. The summed E-state index contributed by atoms with van der Waals surface area (Å²) in [7, 11) is 1.55. The number of halogens is 1. The summed E-state index contributed by atoms with van der Waals surface area (Å²) in [6.45, 7) is 1.79. The van der Waals surface area contributed by atoms with Crippen LogP contribution in [0.15, 0.2) is 42.5 Å². The van der Waals surface area contributed by atoms with E-state index in [-0.39, 0.29) is 29.7 Å². The van der Waals surface area contributed by atoms with Crippen LogP contribution in [-0.4, -0.2) is 32.2 Å². The van der Waals surface area contributed by atoms with Gasteiger partial charge in [0.1, 0.15) is 11.5 Å². The Hall–Kier alpha value is -2.73. The van der Waals surface area contributed by atoms with E-state index in [2.05, 4.69) is 5.32 Å². The van der Waals surface area contributed by atoms with Gasteiger partial charge in [-0.3, -0.25) is 4.79 Å². The largest absolute Gasteiger partial charge is 0.497 e. The molecule has 1 amide bonds. The maximum absolute atomic E-state index is 12.0. The molecule has 2 aromatic carbocycles. The van der Waals surface area contributed by atoms with Gasteiger partial charge >= 0.3 is 5.97 Å². The van der Waals surface area contributed by atoms with Crippen molar-refractivity contribution in [3.63, 3.8) is 0 Å². The maximum Gasteiger partial charge on any atom is 0.339 e. The number of ether oxygens (including phenoxy) is 3. The van der Waals surface area contributed by atoms with Crippen LogP contribution in [0.4, 0.5) is 5.69 Å². The molecule has 2 rings (SSSR count). The number of hydrogen-bond acceptors (Lipinski definition) is 5. The van der Waals surface area contributed by atoms with Gasteiger partial charge < -0.3 is 19.5 Å². The van der Waals surface area contributed by atoms with Gasteiger partial charge in [0, 0.05) is 11.8 Å². The van der Waals surface area contributed by atoms with Crippen LogP contribution in [0, 0.1) is 0 Å². The van der Waals surface area contributed by atoms with Crippen LogP contribution in [0.2, 0.25) is 5.02 Å². The topological polar surface area (TPSA) is 73.9 Å². The fraction of sp³-hybridized carbons (Fsp3) is 0.222. The van der Waals surface area contributed by atoms with Crippen LogP contribution >= 0.6 is 11.6 Å². The summed E-state index contributed by atoms with van der Waals surface area (Å²) in [5.74, 6) is 0.291. The van der Waals surface area contributed by atoms with Gasteiger partial charge in [0.05, 0.1) is 24.3 Å². The summed E-state index contributed by atoms with van der Waals surface area (Å²) in [6, 6.07) is 11.5. The van der Waals surface area contributed by atoms with Crippen molar-refractivity contribution < 1.29 is 23.8 Å². The summed E-state index contributed by atoms with van der Waals surface area (Å²) in [5, 5.41) is 2.85. The Balaban J connectivity index is 1.94. The predicted octanol–water partition coefficient (Wildman–Crippen LogP) is 3.54. The van der Waals surface area contributed by atoms with Crippen molar-refractivity contribution in [2.75, 3.05) is 25.6 Å². The van der Waals surface area contributed by atoms with E-state index in [1.807, 2.05) is 0 Å². The molecule has 0 bridgehead atoms.